The molecule has 2 heteroatoms. The molecular formula is C14H18N2. The number of nitriles is 1. The molecule has 0 aliphatic heterocycles. The summed E-state index contributed by atoms with van der Waals surface area (Å²) in [6.45, 7) is 6.09. The molecule has 16 heavy (non-hydrogen) atoms. The number of aliphatic imine (C=N–C) groups is 1. The van der Waals surface area contributed by atoms with Gasteiger partial charge in [0.1, 0.15) is 5.54 Å². The van der Waals surface area contributed by atoms with Gasteiger partial charge in [0.15, 0.2) is 0 Å². The maximum Gasteiger partial charge on any atom is 0.144 e. The highest BCUT2D eigenvalue weighted by Crippen LogP contribution is 2.19. The molecule has 0 amide bonds. The SMILES string of the molecule is CC(C)CC(C)(C#N)N=Cc1ccccc1. The fourth-order valence-corrected chi connectivity index (χ4v) is 1.68. The van der Waals surface area contributed by atoms with Gasteiger partial charge in [-0.2, -0.15) is 5.26 Å². The Morgan fingerprint density at radius 1 is 1.38 bits per heavy atom. The molecule has 1 aromatic rings. The van der Waals surface area contributed by atoms with Crippen LogP contribution in [-0.2, 0) is 0 Å². The lowest BCUT2D eigenvalue weighted by atomic mass is 9.93. The van der Waals surface area contributed by atoms with E-state index >= 15 is 0 Å². The van der Waals surface area contributed by atoms with Gasteiger partial charge in [-0.3, -0.25) is 4.99 Å². The second-order valence-electron chi connectivity index (χ2n) is 4.65. The van der Waals surface area contributed by atoms with Crippen LogP contribution in [0.2, 0.25) is 0 Å². The minimum Gasteiger partial charge on any atom is -0.271 e. The molecule has 0 saturated carbocycles. The third kappa shape index (κ3) is 3.86. The summed E-state index contributed by atoms with van der Waals surface area (Å²) in [5.41, 5.74) is 0.428. The first-order valence-corrected chi connectivity index (χ1v) is 5.57. The Kier molecular flexibility index (Phi) is 4.25. The number of hydrogen-bond acceptors (Lipinski definition) is 2. The number of rotatable bonds is 4. The third-order valence-corrected chi connectivity index (χ3v) is 2.34. The molecular weight excluding hydrogens is 196 g/mol. The zero-order chi connectivity index (χ0) is 12.0. The Balaban J connectivity index is 2.78. The Labute approximate surface area is 97.6 Å². The molecule has 0 N–H and O–H groups in total. The smallest absolute Gasteiger partial charge is 0.144 e. The summed E-state index contributed by atoms with van der Waals surface area (Å²) in [6.07, 6.45) is 2.57. The van der Waals surface area contributed by atoms with Crippen molar-refractivity contribution in [3.05, 3.63) is 35.9 Å². The van der Waals surface area contributed by atoms with E-state index in [4.69, 9.17) is 5.26 Å². The van der Waals surface area contributed by atoms with Crippen molar-refractivity contribution < 1.29 is 0 Å². The molecule has 2 nitrogen and oxygen atoms in total. The van der Waals surface area contributed by atoms with E-state index in [9.17, 15) is 0 Å². The fourth-order valence-electron chi connectivity index (χ4n) is 1.68. The third-order valence-electron chi connectivity index (χ3n) is 2.34. The van der Waals surface area contributed by atoms with Gasteiger partial charge in [0, 0.05) is 6.21 Å². The van der Waals surface area contributed by atoms with Crippen LogP contribution in [0.3, 0.4) is 0 Å². The van der Waals surface area contributed by atoms with E-state index < -0.39 is 5.54 Å². The van der Waals surface area contributed by atoms with E-state index in [2.05, 4.69) is 24.9 Å². The molecule has 84 valence electrons. The van der Waals surface area contributed by atoms with E-state index in [-0.39, 0.29) is 0 Å². The van der Waals surface area contributed by atoms with Crippen LogP contribution in [0.4, 0.5) is 0 Å². The summed E-state index contributed by atoms with van der Waals surface area (Å²) in [7, 11) is 0. The highest BCUT2D eigenvalue weighted by molar-refractivity contribution is 5.79. The quantitative estimate of drug-likeness (QED) is 0.707. The Bertz CT molecular complexity index is 387. The van der Waals surface area contributed by atoms with E-state index in [1.54, 1.807) is 6.21 Å². The summed E-state index contributed by atoms with van der Waals surface area (Å²) >= 11 is 0. The van der Waals surface area contributed by atoms with E-state index in [1.165, 1.54) is 0 Å². The molecule has 1 unspecified atom stereocenters. The lowest BCUT2D eigenvalue weighted by Crippen LogP contribution is -2.22. The molecule has 1 aromatic carbocycles. The van der Waals surface area contributed by atoms with Crippen molar-refractivity contribution in [1.29, 1.82) is 5.26 Å². The average Bonchev–Trinajstić information content (AvgIpc) is 2.27. The van der Waals surface area contributed by atoms with Gasteiger partial charge in [-0.15, -0.1) is 0 Å². The zero-order valence-corrected chi connectivity index (χ0v) is 10.1. The molecule has 0 aromatic heterocycles. The minimum absolute atomic E-state index is 0.470. The molecule has 0 saturated heterocycles. The summed E-state index contributed by atoms with van der Waals surface area (Å²) in [5.74, 6) is 0.470. The van der Waals surface area contributed by atoms with Crippen LogP contribution in [-0.4, -0.2) is 11.8 Å². The first kappa shape index (κ1) is 12.4. The monoisotopic (exact) mass is 214 g/mol. The van der Waals surface area contributed by atoms with Crippen LogP contribution < -0.4 is 0 Å². The summed E-state index contributed by atoms with van der Waals surface area (Å²) < 4.78 is 0. The van der Waals surface area contributed by atoms with Crippen molar-refractivity contribution in [3.8, 4) is 6.07 Å². The van der Waals surface area contributed by atoms with Gasteiger partial charge in [-0.1, -0.05) is 44.2 Å². The molecule has 0 heterocycles. The molecule has 1 atom stereocenters. The van der Waals surface area contributed by atoms with Crippen LogP contribution >= 0.6 is 0 Å². The standard InChI is InChI=1S/C14H18N2/c1-12(2)9-14(3,11-15)16-10-13-7-5-4-6-8-13/h4-8,10,12H,9H2,1-3H3. The van der Waals surface area contributed by atoms with E-state index in [0.717, 1.165) is 12.0 Å². The average molecular weight is 214 g/mol. The topological polar surface area (TPSA) is 36.1 Å². The van der Waals surface area contributed by atoms with Crippen molar-refractivity contribution in [3.63, 3.8) is 0 Å². The van der Waals surface area contributed by atoms with Gasteiger partial charge in [0.25, 0.3) is 0 Å². The maximum absolute atomic E-state index is 9.15. The molecule has 1 rings (SSSR count). The number of hydrogen-bond donors (Lipinski definition) is 0. The lowest BCUT2D eigenvalue weighted by molar-refractivity contribution is 0.451. The van der Waals surface area contributed by atoms with Crippen molar-refractivity contribution >= 4 is 6.21 Å². The van der Waals surface area contributed by atoms with Gasteiger partial charge in [0.05, 0.1) is 6.07 Å². The summed E-state index contributed by atoms with van der Waals surface area (Å²) in [4.78, 5) is 4.40. The Morgan fingerprint density at radius 3 is 2.50 bits per heavy atom. The van der Waals surface area contributed by atoms with Gasteiger partial charge >= 0.3 is 0 Å². The molecule has 0 fully saturated rings. The Morgan fingerprint density at radius 2 is 2.00 bits per heavy atom. The number of nitrogens with zero attached hydrogens (tertiary/aromatic N) is 2. The largest absolute Gasteiger partial charge is 0.271 e. The molecule has 0 aliphatic rings. The van der Waals surface area contributed by atoms with Gasteiger partial charge in [0.2, 0.25) is 0 Å². The zero-order valence-electron chi connectivity index (χ0n) is 10.1. The normalized spacial score (nSPS) is 14.9. The molecule has 0 radical (unpaired) electrons. The van der Waals surface area contributed by atoms with Gasteiger partial charge in [-0.25, -0.2) is 0 Å². The molecule has 0 spiro atoms. The maximum atomic E-state index is 9.15. The second-order valence-corrected chi connectivity index (χ2v) is 4.65. The molecule has 0 aliphatic carbocycles. The van der Waals surface area contributed by atoms with Crippen LogP contribution in [0.25, 0.3) is 0 Å². The first-order chi connectivity index (χ1) is 7.56. The van der Waals surface area contributed by atoms with Crippen LogP contribution in [0.15, 0.2) is 35.3 Å². The van der Waals surface area contributed by atoms with Crippen molar-refractivity contribution in [2.24, 2.45) is 10.9 Å². The predicted molar refractivity (Wildman–Crippen MR) is 67.5 cm³/mol. The highest BCUT2D eigenvalue weighted by atomic mass is 14.8. The van der Waals surface area contributed by atoms with Crippen LogP contribution in [0.1, 0.15) is 32.8 Å². The predicted octanol–water partition coefficient (Wildman–Crippen LogP) is 3.43. The fraction of sp³-hybridized carbons (Fsp3) is 0.429. The van der Waals surface area contributed by atoms with Crippen molar-refractivity contribution in [1.82, 2.24) is 0 Å². The Hall–Kier alpha value is -1.62. The van der Waals surface area contributed by atoms with Crippen molar-refractivity contribution in [2.45, 2.75) is 32.7 Å². The van der Waals surface area contributed by atoms with E-state index in [1.807, 2.05) is 37.3 Å². The first-order valence-electron chi connectivity index (χ1n) is 5.57. The van der Waals surface area contributed by atoms with Gasteiger partial charge in [-0.05, 0) is 24.8 Å². The van der Waals surface area contributed by atoms with Gasteiger partial charge < -0.3 is 0 Å². The second kappa shape index (κ2) is 5.46. The summed E-state index contributed by atoms with van der Waals surface area (Å²) in [6, 6.07) is 12.1. The summed E-state index contributed by atoms with van der Waals surface area (Å²) in [5, 5.41) is 9.15. The van der Waals surface area contributed by atoms with E-state index in [0.29, 0.717) is 5.92 Å². The highest BCUT2D eigenvalue weighted by Gasteiger charge is 2.22. The lowest BCUT2D eigenvalue weighted by Gasteiger charge is -2.18. The minimum atomic E-state index is -0.607. The van der Waals surface area contributed by atoms with Crippen LogP contribution in [0.5, 0.6) is 0 Å². The van der Waals surface area contributed by atoms with Crippen LogP contribution in [0, 0.1) is 17.2 Å². The molecule has 0 bridgehead atoms. The van der Waals surface area contributed by atoms with Crippen molar-refractivity contribution in [2.75, 3.05) is 0 Å². The number of benzene rings is 1.